The summed E-state index contributed by atoms with van der Waals surface area (Å²) >= 11 is 0. The van der Waals surface area contributed by atoms with Crippen molar-refractivity contribution in [2.75, 3.05) is 48.9 Å². The van der Waals surface area contributed by atoms with E-state index in [1.54, 1.807) is 37.6 Å². The number of ether oxygens (including phenoxy) is 3. The van der Waals surface area contributed by atoms with Gasteiger partial charge in [-0.3, -0.25) is 0 Å². The lowest BCUT2D eigenvalue weighted by molar-refractivity contribution is 0.122. The van der Waals surface area contributed by atoms with E-state index < -0.39 is 6.03 Å². The molecule has 0 spiro atoms. The Morgan fingerprint density at radius 2 is 1.81 bits per heavy atom. The van der Waals surface area contributed by atoms with Crippen molar-refractivity contribution in [2.45, 2.75) is 0 Å². The predicted octanol–water partition coefficient (Wildman–Crippen LogP) is 2.74. The monoisotopic (exact) mass is 437 g/mol. The number of pyridine rings is 1. The van der Waals surface area contributed by atoms with Crippen LogP contribution >= 0.6 is 0 Å². The Morgan fingerprint density at radius 1 is 1.06 bits per heavy atom. The molecule has 1 fully saturated rings. The molecule has 11 heteroatoms. The van der Waals surface area contributed by atoms with Crippen molar-refractivity contribution in [2.24, 2.45) is 5.73 Å². The van der Waals surface area contributed by atoms with Crippen molar-refractivity contribution in [1.29, 1.82) is 0 Å². The van der Waals surface area contributed by atoms with Crippen molar-refractivity contribution in [1.82, 2.24) is 15.0 Å². The lowest BCUT2D eigenvalue weighted by Crippen LogP contribution is -2.36. The summed E-state index contributed by atoms with van der Waals surface area (Å²) < 4.78 is 16.4. The number of rotatable bonds is 7. The van der Waals surface area contributed by atoms with Crippen molar-refractivity contribution in [3.63, 3.8) is 0 Å². The second-order valence-corrected chi connectivity index (χ2v) is 6.81. The van der Waals surface area contributed by atoms with Gasteiger partial charge < -0.3 is 35.5 Å². The molecule has 32 heavy (non-hydrogen) atoms. The number of amides is 2. The number of hydrogen-bond donors (Lipinski definition) is 3. The van der Waals surface area contributed by atoms with Crippen LogP contribution in [0, 0.1) is 0 Å². The maximum absolute atomic E-state index is 11.3. The molecule has 1 aromatic carbocycles. The van der Waals surface area contributed by atoms with Crippen molar-refractivity contribution in [3.8, 4) is 17.4 Å². The summed E-state index contributed by atoms with van der Waals surface area (Å²) in [5.74, 6) is 2.46. The first-order valence-corrected chi connectivity index (χ1v) is 9.92. The lowest BCUT2D eigenvalue weighted by Gasteiger charge is -2.27. The average Bonchev–Trinajstić information content (AvgIpc) is 2.82. The van der Waals surface area contributed by atoms with Crippen LogP contribution in [-0.4, -0.2) is 54.4 Å². The van der Waals surface area contributed by atoms with Gasteiger partial charge in [-0.05, 0) is 36.4 Å². The molecule has 3 heterocycles. The number of primary amides is 1. The second-order valence-electron chi connectivity index (χ2n) is 6.81. The number of benzene rings is 1. The molecule has 166 valence electrons. The number of nitrogens with one attached hydrogen (secondary N) is 2. The average molecular weight is 437 g/mol. The predicted molar refractivity (Wildman–Crippen MR) is 119 cm³/mol. The molecule has 1 aliphatic heterocycles. The first-order valence-electron chi connectivity index (χ1n) is 9.92. The van der Waals surface area contributed by atoms with Gasteiger partial charge in [-0.2, -0.15) is 4.98 Å². The number of urea groups is 1. The van der Waals surface area contributed by atoms with Gasteiger partial charge in [-0.1, -0.05) is 0 Å². The third kappa shape index (κ3) is 5.32. The molecular formula is C21H23N7O4. The molecule has 2 aromatic heterocycles. The third-order valence-electron chi connectivity index (χ3n) is 4.62. The van der Waals surface area contributed by atoms with Gasteiger partial charge in [0.1, 0.15) is 23.0 Å². The fourth-order valence-electron chi connectivity index (χ4n) is 3.05. The zero-order valence-electron chi connectivity index (χ0n) is 17.4. The van der Waals surface area contributed by atoms with E-state index >= 15 is 0 Å². The largest absolute Gasteiger partial charge is 0.497 e. The number of carbonyl (C=O) groups excluding carboxylic acids is 1. The lowest BCUT2D eigenvalue weighted by atomic mass is 10.3. The highest BCUT2D eigenvalue weighted by molar-refractivity contribution is 5.89. The minimum absolute atomic E-state index is 0.129. The Balaban J connectivity index is 1.51. The van der Waals surface area contributed by atoms with Gasteiger partial charge in [0.25, 0.3) is 0 Å². The van der Waals surface area contributed by atoms with Crippen LogP contribution in [0.5, 0.6) is 17.4 Å². The Labute approximate surface area is 184 Å². The number of nitrogens with two attached hydrogens (primary N) is 1. The van der Waals surface area contributed by atoms with Crippen LogP contribution in [-0.2, 0) is 4.74 Å². The van der Waals surface area contributed by atoms with E-state index in [4.69, 9.17) is 19.9 Å². The molecular weight excluding hydrogens is 414 g/mol. The van der Waals surface area contributed by atoms with Crippen LogP contribution in [0.4, 0.5) is 27.9 Å². The van der Waals surface area contributed by atoms with Crippen molar-refractivity contribution >= 4 is 29.2 Å². The summed E-state index contributed by atoms with van der Waals surface area (Å²) in [6.07, 6.45) is 3.11. The summed E-state index contributed by atoms with van der Waals surface area (Å²) in [4.78, 5) is 26.6. The van der Waals surface area contributed by atoms with Gasteiger partial charge in [0.05, 0.1) is 38.4 Å². The number of morpholine rings is 1. The summed E-state index contributed by atoms with van der Waals surface area (Å²) in [5.41, 5.74) is 6.19. The molecule has 4 N–H and O–H groups in total. The maximum atomic E-state index is 11.3. The van der Waals surface area contributed by atoms with Crippen LogP contribution in [0.1, 0.15) is 0 Å². The van der Waals surface area contributed by atoms with E-state index in [2.05, 4.69) is 30.5 Å². The molecule has 2 amide bonds. The Kier molecular flexibility index (Phi) is 6.46. The van der Waals surface area contributed by atoms with E-state index in [9.17, 15) is 4.79 Å². The number of nitrogens with zero attached hydrogens (tertiary/aromatic N) is 4. The Morgan fingerprint density at radius 3 is 2.47 bits per heavy atom. The van der Waals surface area contributed by atoms with Gasteiger partial charge in [-0.15, -0.1) is 0 Å². The number of anilines is 4. The van der Waals surface area contributed by atoms with E-state index in [-0.39, 0.29) is 17.5 Å². The van der Waals surface area contributed by atoms with Crippen LogP contribution in [0.15, 0.2) is 48.8 Å². The van der Waals surface area contributed by atoms with Gasteiger partial charge in [-0.25, -0.2) is 14.8 Å². The molecule has 0 aliphatic carbocycles. The number of aromatic nitrogens is 3. The van der Waals surface area contributed by atoms with Crippen LogP contribution in [0.3, 0.4) is 0 Å². The minimum atomic E-state index is -0.753. The fraction of sp³-hybridized carbons (Fsp3) is 0.238. The molecule has 0 unspecified atom stereocenters. The molecule has 0 radical (unpaired) electrons. The van der Waals surface area contributed by atoms with E-state index in [1.807, 2.05) is 12.1 Å². The molecule has 4 rings (SSSR count). The van der Waals surface area contributed by atoms with Gasteiger partial charge in [0.15, 0.2) is 0 Å². The summed E-state index contributed by atoms with van der Waals surface area (Å²) in [7, 11) is 1.58. The Hall–Kier alpha value is -4.12. The maximum Gasteiger partial charge on any atom is 0.316 e. The van der Waals surface area contributed by atoms with Crippen molar-refractivity contribution < 1.29 is 19.0 Å². The first-order chi connectivity index (χ1) is 15.6. The molecule has 0 saturated carbocycles. The molecule has 3 aromatic rings. The summed E-state index contributed by atoms with van der Waals surface area (Å²) in [5, 5.41) is 5.55. The van der Waals surface area contributed by atoms with Gasteiger partial charge >= 0.3 is 6.03 Å². The van der Waals surface area contributed by atoms with Gasteiger partial charge in [0.2, 0.25) is 11.8 Å². The van der Waals surface area contributed by atoms with Crippen LogP contribution < -0.4 is 30.7 Å². The van der Waals surface area contributed by atoms with Crippen LogP contribution in [0.25, 0.3) is 0 Å². The van der Waals surface area contributed by atoms with E-state index in [0.29, 0.717) is 30.4 Å². The van der Waals surface area contributed by atoms with E-state index in [0.717, 1.165) is 18.9 Å². The zero-order valence-corrected chi connectivity index (χ0v) is 17.4. The highest BCUT2D eigenvalue weighted by Crippen LogP contribution is 2.29. The molecule has 11 nitrogen and oxygen atoms in total. The summed E-state index contributed by atoms with van der Waals surface area (Å²) in [6, 6.07) is 9.99. The highest BCUT2D eigenvalue weighted by atomic mass is 16.5. The molecule has 0 bridgehead atoms. The molecule has 1 saturated heterocycles. The highest BCUT2D eigenvalue weighted by Gasteiger charge is 2.14. The van der Waals surface area contributed by atoms with Crippen LogP contribution in [0.2, 0.25) is 0 Å². The normalized spacial score (nSPS) is 13.3. The Bertz CT molecular complexity index is 1050. The van der Waals surface area contributed by atoms with Gasteiger partial charge in [0, 0.05) is 13.1 Å². The smallest absolute Gasteiger partial charge is 0.316 e. The third-order valence-corrected chi connectivity index (χ3v) is 4.62. The number of hydrogen-bond acceptors (Lipinski definition) is 9. The zero-order chi connectivity index (χ0) is 22.3. The van der Waals surface area contributed by atoms with E-state index in [1.165, 1.54) is 6.20 Å². The fourth-order valence-corrected chi connectivity index (χ4v) is 3.05. The first kappa shape index (κ1) is 21.1. The number of carbonyl (C=O) groups is 1. The minimum Gasteiger partial charge on any atom is -0.497 e. The summed E-state index contributed by atoms with van der Waals surface area (Å²) in [6.45, 7) is 3.00. The second kappa shape index (κ2) is 9.79. The standard InChI is InChI=1S/C21H23N7O4/c1-30-15-3-5-16(6-4-15)32-19-17(26-20(22)29)13-24-21(27-19)25-14-2-7-18(23-12-14)28-8-10-31-11-9-28/h2-7,12-13H,8-11H2,1H3,(H3,22,26,29)(H,24,25,27). The SMILES string of the molecule is COc1ccc(Oc2nc(Nc3ccc(N4CCOCC4)nc3)ncc2NC(N)=O)cc1. The molecule has 0 atom stereocenters. The topological polar surface area (TPSA) is 137 Å². The van der Waals surface area contributed by atoms with Crippen molar-refractivity contribution in [3.05, 3.63) is 48.8 Å². The number of methoxy groups -OCH3 is 1. The quantitative estimate of drug-likeness (QED) is 0.509. The molecule has 1 aliphatic rings.